The molecular weight excluding hydrogens is 314 g/mol. The van der Waals surface area contributed by atoms with Crippen molar-refractivity contribution in [1.82, 2.24) is 4.98 Å². The third-order valence-corrected chi connectivity index (χ3v) is 4.65. The zero-order valence-corrected chi connectivity index (χ0v) is 12.9. The SMILES string of the molecule is NC(=O)c1cc(-c2ccc(F)cc2F)c2c(n1)OC(C1CC1)CC2. The maximum atomic E-state index is 14.2. The van der Waals surface area contributed by atoms with Gasteiger partial charge in [-0.1, -0.05) is 0 Å². The number of hydrogen-bond acceptors (Lipinski definition) is 3. The molecule has 1 unspecified atom stereocenters. The van der Waals surface area contributed by atoms with Crippen molar-refractivity contribution in [2.75, 3.05) is 0 Å². The van der Waals surface area contributed by atoms with Gasteiger partial charge in [-0.05, 0) is 55.4 Å². The van der Waals surface area contributed by atoms with Gasteiger partial charge in [0.2, 0.25) is 5.88 Å². The highest BCUT2D eigenvalue weighted by Crippen LogP contribution is 2.42. The van der Waals surface area contributed by atoms with Crippen LogP contribution >= 0.6 is 0 Å². The zero-order chi connectivity index (χ0) is 16.8. The van der Waals surface area contributed by atoms with Gasteiger partial charge in [-0.15, -0.1) is 0 Å². The molecule has 2 aliphatic rings. The van der Waals surface area contributed by atoms with Crippen molar-refractivity contribution in [3.8, 4) is 17.0 Å². The molecule has 1 atom stereocenters. The smallest absolute Gasteiger partial charge is 0.267 e. The van der Waals surface area contributed by atoms with Crippen LogP contribution in [0.1, 0.15) is 35.3 Å². The number of nitrogens with two attached hydrogens (primary N) is 1. The topological polar surface area (TPSA) is 65.2 Å². The van der Waals surface area contributed by atoms with E-state index in [0.29, 0.717) is 23.8 Å². The fraction of sp³-hybridized carbons (Fsp3) is 0.333. The number of fused-ring (bicyclic) bond motifs is 1. The first-order chi connectivity index (χ1) is 11.5. The van der Waals surface area contributed by atoms with E-state index in [2.05, 4.69) is 4.98 Å². The van der Waals surface area contributed by atoms with E-state index in [4.69, 9.17) is 10.5 Å². The van der Waals surface area contributed by atoms with Gasteiger partial charge < -0.3 is 10.5 Å². The van der Waals surface area contributed by atoms with Crippen LogP contribution in [-0.2, 0) is 6.42 Å². The lowest BCUT2D eigenvalue weighted by atomic mass is 9.93. The molecular formula is C18H16F2N2O2. The molecule has 0 radical (unpaired) electrons. The Hall–Kier alpha value is -2.50. The molecule has 6 heteroatoms. The minimum atomic E-state index is -0.710. The molecule has 1 aliphatic carbocycles. The van der Waals surface area contributed by atoms with E-state index in [-0.39, 0.29) is 17.4 Å². The fourth-order valence-electron chi connectivity index (χ4n) is 3.25. The number of pyridine rings is 1. The predicted octanol–water partition coefficient (Wildman–Crippen LogP) is 3.23. The van der Waals surface area contributed by atoms with Gasteiger partial charge >= 0.3 is 0 Å². The van der Waals surface area contributed by atoms with Gasteiger partial charge in [-0.3, -0.25) is 4.79 Å². The fourth-order valence-corrected chi connectivity index (χ4v) is 3.25. The summed E-state index contributed by atoms with van der Waals surface area (Å²) in [5, 5.41) is 0. The van der Waals surface area contributed by atoms with E-state index in [1.165, 1.54) is 18.2 Å². The first-order valence-corrected chi connectivity index (χ1v) is 7.98. The standard InChI is InChI=1S/C18H16F2N2O2/c19-10-3-4-11(14(20)7-10)13-8-15(17(21)23)22-18-12(13)5-6-16(24-18)9-1-2-9/h3-4,7-9,16H,1-2,5-6H2,(H2,21,23). The van der Waals surface area contributed by atoms with Crippen molar-refractivity contribution < 1.29 is 18.3 Å². The highest BCUT2D eigenvalue weighted by Gasteiger charge is 2.36. The molecule has 24 heavy (non-hydrogen) atoms. The van der Waals surface area contributed by atoms with E-state index in [0.717, 1.165) is 30.9 Å². The molecule has 4 rings (SSSR count). The number of carbonyl (C=O) groups excluding carboxylic acids is 1. The van der Waals surface area contributed by atoms with Gasteiger partial charge in [0.05, 0.1) is 0 Å². The number of amides is 1. The molecule has 0 spiro atoms. The lowest BCUT2D eigenvalue weighted by molar-refractivity contribution is 0.0990. The number of hydrogen-bond donors (Lipinski definition) is 1. The second-order valence-corrected chi connectivity index (χ2v) is 6.36. The van der Waals surface area contributed by atoms with E-state index in [1.807, 2.05) is 0 Å². The third-order valence-electron chi connectivity index (χ3n) is 4.65. The van der Waals surface area contributed by atoms with Crippen molar-refractivity contribution in [1.29, 1.82) is 0 Å². The van der Waals surface area contributed by atoms with Crippen LogP contribution in [0.3, 0.4) is 0 Å². The van der Waals surface area contributed by atoms with Crippen LogP contribution in [-0.4, -0.2) is 17.0 Å². The minimum Gasteiger partial charge on any atom is -0.474 e. The van der Waals surface area contributed by atoms with Crippen molar-refractivity contribution >= 4 is 5.91 Å². The predicted molar refractivity (Wildman–Crippen MR) is 83.6 cm³/mol. The quantitative estimate of drug-likeness (QED) is 0.940. The molecule has 0 saturated heterocycles. The number of rotatable bonds is 3. The molecule has 1 aromatic heterocycles. The van der Waals surface area contributed by atoms with Gasteiger partial charge in [0.1, 0.15) is 23.4 Å². The van der Waals surface area contributed by atoms with Gasteiger partial charge in [0.25, 0.3) is 5.91 Å². The summed E-state index contributed by atoms with van der Waals surface area (Å²) in [6.45, 7) is 0. The van der Waals surface area contributed by atoms with E-state index < -0.39 is 17.5 Å². The van der Waals surface area contributed by atoms with Crippen molar-refractivity contribution in [3.63, 3.8) is 0 Å². The Kier molecular flexibility index (Phi) is 3.48. The van der Waals surface area contributed by atoms with Crippen LogP contribution in [0.25, 0.3) is 11.1 Å². The van der Waals surface area contributed by atoms with Gasteiger partial charge in [-0.2, -0.15) is 0 Å². The van der Waals surface area contributed by atoms with E-state index in [9.17, 15) is 13.6 Å². The Balaban J connectivity index is 1.85. The monoisotopic (exact) mass is 330 g/mol. The van der Waals surface area contributed by atoms with Gasteiger partial charge in [-0.25, -0.2) is 13.8 Å². The number of halogens is 2. The summed E-state index contributed by atoms with van der Waals surface area (Å²) in [5.74, 6) is -1.18. The summed E-state index contributed by atoms with van der Waals surface area (Å²) in [6, 6.07) is 4.82. The van der Waals surface area contributed by atoms with E-state index in [1.54, 1.807) is 0 Å². The Labute approximate surface area is 137 Å². The summed E-state index contributed by atoms with van der Waals surface area (Å²) in [4.78, 5) is 15.8. The summed E-state index contributed by atoms with van der Waals surface area (Å²) in [6.07, 6.45) is 3.85. The second kappa shape index (κ2) is 5.54. The lowest BCUT2D eigenvalue weighted by Crippen LogP contribution is -2.27. The molecule has 1 aliphatic heterocycles. The van der Waals surface area contributed by atoms with Crippen molar-refractivity contribution in [3.05, 3.63) is 47.2 Å². The summed E-state index contributed by atoms with van der Waals surface area (Å²) in [7, 11) is 0. The summed E-state index contributed by atoms with van der Waals surface area (Å²) in [5.41, 5.74) is 6.81. The molecule has 2 aromatic rings. The second-order valence-electron chi connectivity index (χ2n) is 6.36. The number of aromatic nitrogens is 1. The van der Waals surface area contributed by atoms with Crippen LogP contribution in [0.2, 0.25) is 0 Å². The van der Waals surface area contributed by atoms with Gasteiger partial charge in [0.15, 0.2) is 0 Å². The molecule has 2 heterocycles. The summed E-state index contributed by atoms with van der Waals surface area (Å²) < 4.78 is 33.4. The minimum absolute atomic E-state index is 0.0175. The lowest BCUT2D eigenvalue weighted by Gasteiger charge is -2.27. The summed E-state index contributed by atoms with van der Waals surface area (Å²) >= 11 is 0. The Morgan fingerprint density at radius 3 is 2.62 bits per heavy atom. The van der Waals surface area contributed by atoms with Crippen LogP contribution in [0.5, 0.6) is 5.88 Å². The van der Waals surface area contributed by atoms with Crippen LogP contribution < -0.4 is 10.5 Å². The highest BCUT2D eigenvalue weighted by molar-refractivity contribution is 5.93. The normalized spacial score (nSPS) is 19.5. The molecule has 1 fully saturated rings. The van der Waals surface area contributed by atoms with Crippen LogP contribution in [0, 0.1) is 17.6 Å². The van der Waals surface area contributed by atoms with Crippen LogP contribution in [0.15, 0.2) is 24.3 Å². The van der Waals surface area contributed by atoms with Crippen molar-refractivity contribution in [2.24, 2.45) is 11.7 Å². The zero-order valence-electron chi connectivity index (χ0n) is 12.9. The average molecular weight is 330 g/mol. The Morgan fingerprint density at radius 1 is 1.17 bits per heavy atom. The molecule has 1 saturated carbocycles. The molecule has 1 aromatic carbocycles. The first kappa shape index (κ1) is 15.1. The Bertz CT molecular complexity index is 834. The van der Waals surface area contributed by atoms with E-state index >= 15 is 0 Å². The molecule has 0 bridgehead atoms. The molecule has 124 valence electrons. The number of ether oxygens (including phenoxy) is 1. The number of benzene rings is 1. The molecule has 1 amide bonds. The number of nitrogens with zero attached hydrogens (tertiary/aromatic N) is 1. The largest absolute Gasteiger partial charge is 0.474 e. The highest BCUT2D eigenvalue weighted by atomic mass is 19.1. The number of carbonyl (C=O) groups is 1. The average Bonchev–Trinajstić information content (AvgIpc) is 3.38. The van der Waals surface area contributed by atoms with Crippen molar-refractivity contribution in [2.45, 2.75) is 31.8 Å². The first-order valence-electron chi connectivity index (χ1n) is 7.98. The maximum Gasteiger partial charge on any atom is 0.267 e. The Morgan fingerprint density at radius 2 is 1.96 bits per heavy atom. The molecule has 4 nitrogen and oxygen atoms in total. The molecule has 2 N–H and O–H groups in total. The van der Waals surface area contributed by atoms with Crippen LogP contribution in [0.4, 0.5) is 8.78 Å². The number of primary amides is 1. The van der Waals surface area contributed by atoms with Gasteiger partial charge in [0, 0.05) is 17.2 Å². The maximum absolute atomic E-state index is 14.2. The third kappa shape index (κ3) is 2.62.